The van der Waals surface area contributed by atoms with Gasteiger partial charge >= 0.3 is 0 Å². The van der Waals surface area contributed by atoms with Gasteiger partial charge in [-0.05, 0) is 55.7 Å². The number of piperidine rings is 1. The SMILES string of the molecule is COc1cccc(C(=O)N2CC(C(=O)N3CCCCC3)C(c3cc(OC)ccc3OC)C2)c1. The van der Waals surface area contributed by atoms with Crippen molar-refractivity contribution in [2.75, 3.05) is 47.5 Å². The van der Waals surface area contributed by atoms with Crippen LogP contribution in [0.3, 0.4) is 0 Å². The lowest BCUT2D eigenvalue weighted by atomic mass is 9.86. The summed E-state index contributed by atoms with van der Waals surface area (Å²) >= 11 is 0. The van der Waals surface area contributed by atoms with E-state index in [9.17, 15) is 9.59 Å². The van der Waals surface area contributed by atoms with Crippen LogP contribution in [0.4, 0.5) is 0 Å². The van der Waals surface area contributed by atoms with Crippen LogP contribution in [-0.4, -0.2) is 69.1 Å². The van der Waals surface area contributed by atoms with Crippen LogP contribution >= 0.6 is 0 Å². The average Bonchev–Trinajstić information content (AvgIpc) is 3.33. The van der Waals surface area contributed by atoms with Crippen molar-refractivity contribution in [3.63, 3.8) is 0 Å². The molecule has 2 amide bonds. The third-order valence-electron chi connectivity index (χ3n) is 6.75. The maximum Gasteiger partial charge on any atom is 0.254 e. The van der Waals surface area contributed by atoms with Crippen LogP contribution in [0.5, 0.6) is 17.2 Å². The number of nitrogens with zero attached hydrogens (tertiary/aromatic N) is 2. The van der Waals surface area contributed by atoms with Crippen molar-refractivity contribution in [2.24, 2.45) is 5.92 Å². The first kappa shape index (κ1) is 23.0. The molecular weight excluding hydrogens is 420 g/mol. The first-order chi connectivity index (χ1) is 16.0. The first-order valence-electron chi connectivity index (χ1n) is 11.5. The van der Waals surface area contributed by atoms with Gasteiger partial charge in [0.25, 0.3) is 5.91 Å². The standard InChI is InChI=1S/C26H32N2O5/c1-31-19-9-7-8-18(14-19)25(29)28-16-22(21-15-20(32-2)10-11-24(21)33-3)23(17-28)26(30)27-12-5-4-6-13-27/h7-11,14-15,22-23H,4-6,12-13,16-17H2,1-3H3. The lowest BCUT2D eigenvalue weighted by Gasteiger charge is -2.31. The number of likely N-dealkylation sites (tertiary alicyclic amines) is 2. The van der Waals surface area contributed by atoms with Crippen LogP contribution in [0, 0.1) is 5.92 Å². The Morgan fingerprint density at radius 2 is 1.55 bits per heavy atom. The van der Waals surface area contributed by atoms with Gasteiger partial charge in [-0.3, -0.25) is 9.59 Å². The number of hydrogen-bond acceptors (Lipinski definition) is 5. The molecule has 2 fully saturated rings. The molecule has 2 unspecified atom stereocenters. The largest absolute Gasteiger partial charge is 0.497 e. The van der Waals surface area contributed by atoms with Gasteiger partial charge in [-0.15, -0.1) is 0 Å². The minimum Gasteiger partial charge on any atom is -0.497 e. The molecule has 2 aliphatic heterocycles. The van der Waals surface area contributed by atoms with E-state index in [2.05, 4.69) is 0 Å². The molecule has 2 heterocycles. The average molecular weight is 453 g/mol. The van der Waals surface area contributed by atoms with E-state index in [4.69, 9.17) is 14.2 Å². The van der Waals surface area contributed by atoms with Gasteiger partial charge in [0.05, 0.1) is 27.2 Å². The van der Waals surface area contributed by atoms with Crippen LogP contribution in [0.1, 0.15) is 41.1 Å². The first-order valence-corrected chi connectivity index (χ1v) is 11.5. The van der Waals surface area contributed by atoms with Crippen LogP contribution in [0.25, 0.3) is 0 Å². The lowest BCUT2D eigenvalue weighted by Crippen LogP contribution is -2.42. The molecule has 7 nitrogen and oxygen atoms in total. The van der Waals surface area contributed by atoms with E-state index in [1.165, 1.54) is 0 Å². The number of ether oxygens (including phenoxy) is 3. The molecule has 0 saturated carbocycles. The van der Waals surface area contributed by atoms with Crippen molar-refractivity contribution in [1.29, 1.82) is 0 Å². The van der Waals surface area contributed by atoms with E-state index in [-0.39, 0.29) is 23.7 Å². The summed E-state index contributed by atoms with van der Waals surface area (Å²) in [7, 11) is 4.83. The Hall–Kier alpha value is -3.22. The fourth-order valence-corrected chi connectivity index (χ4v) is 4.95. The van der Waals surface area contributed by atoms with Crippen molar-refractivity contribution < 1.29 is 23.8 Å². The van der Waals surface area contributed by atoms with E-state index in [1.54, 1.807) is 44.4 Å². The normalized spacial score (nSPS) is 20.5. The third kappa shape index (κ3) is 4.77. The fraction of sp³-hybridized carbons (Fsp3) is 0.462. The Balaban J connectivity index is 1.67. The molecule has 0 aliphatic carbocycles. The molecule has 2 aliphatic rings. The molecule has 2 saturated heterocycles. The fourth-order valence-electron chi connectivity index (χ4n) is 4.95. The summed E-state index contributed by atoms with van der Waals surface area (Å²) in [5.74, 6) is 1.53. The number of benzene rings is 2. The summed E-state index contributed by atoms with van der Waals surface area (Å²) in [6.45, 7) is 2.36. The highest BCUT2D eigenvalue weighted by atomic mass is 16.5. The van der Waals surface area contributed by atoms with Gasteiger partial charge in [0.2, 0.25) is 5.91 Å². The zero-order valence-corrected chi connectivity index (χ0v) is 19.6. The molecule has 4 rings (SSSR count). The van der Waals surface area contributed by atoms with E-state index < -0.39 is 0 Å². The highest BCUT2D eigenvalue weighted by Gasteiger charge is 2.43. The van der Waals surface area contributed by atoms with Crippen molar-refractivity contribution >= 4 is 11.8 Å². The summed E-state index contributed by atoms with van der Waals surface area (Å²) in [6.07, 6.45) is 3.21. The lowest BCUT2D eigenvalue weighted by molar-refractivity contribution is -0.136. The van der Waals surface area contributed by atoms with Gasteiger partial charge < -0.3 is 24.0 Å². The summed E-state index contributed by atoms with van der Waals surface area (Å²) < 4.78 is 16.4. The topological polar surface area (TPSA) is 68.3 Å². The minimum absolute atomic E-state index is 0.102. The number of carbonyl (C=O) groups excluding carboxylic acids is 2. The van der Waals surface area contributed by atoms with Crippen molar-refractivity contribution in [2.45, 2.75) is 25.2 Å². The molecule has 0 radical (unpaired) electrons. The Morgan fingerprint density at radius 1 is 0.818 bits per heavy atom. The van der Waals surface area contributed by atoms with Gasteiger partial charge in [-0.1, -0.05) is 6.07 Å². The Labute approximate surface area is 195 Å². The number of methoxy groups -OCH3 is 3. The molecule has 176 valence electrons. The number of rotatable bonds is 6. The van der Waals surface area contributed by atoms with E-state index in [1.807, 2.05) is 29.2 Å². The summed E-state index contributed by atoms with van der Waals surface area (Å²) in [5.41, 5.74) is 1.45. The van der Waals surface area contributed by atoms with Crippen molar-refractivity contribution in [3.05, 3.63) is 53.6 Å². The Morgan fingerprint density at radius 3 is 2.24 bits per heavy atom. The van der Waals surface area contributed by atoms with Crippen LogP contribution in [0.15, 0.2) is 42.5 Å². The predicted molar refractivity (Wildman–Crippen MR) is 125 cm³/mol. The molecule has 7 heteroatoms. The zero-order chi connectivity index (χ0) is 23.4. The molecule has 33 heavy (non-hydrogen) atoms. The van der Waals surface area contributed by atoms with Crippen molar-refractivity contribution in [1.82, 2.24) is 9.80 Å². The van der Waals surface area contributed by atoms with E-state index in [0.717, 1.165) is 37.9 Å². The zero-order valence-electron chi connectivity index (χ0n) is 19.6. The van der Waals surface area contributed by atoms with Crippen LogP contribution in [-0.2, 0) is 4.79 Å². The second-order valence-electron chi connectivity index (χ2n) is 8.65. The van der Waals surface area contributed by atoms with Crippen molar-refractivity contribution in [3.8, 4) is 17.2 Å². The second kappa shape index (κ2) is 10.1. The van der Waals surface area contributed by atoms with Gasteiger partial charge in [-0.2, -0.15) is 0 Å². The van der Waals surface area contributed by atoms with E-state index in [0.29, 0.717) is 35.9 Å². The number of carbonyl (C=O) groups is 2. The molecule has 2 aromatic carbocycles. The Kier molecular flexibility index (Phi) is 7.06. The molecule has 0 aromatic heterocycles. The molecular formula is C26H32N2O5. The predicted octanol–water partition coefficient (Wildman–Crippen LogP) is 3.58. The Bertz CT molecular complexity index is 1000. The quantitative estimate of drug-likeness (QED) is 0.670. The summed E-state index contributed by atoms with van der Waals surface area (Å²) in [4.78, 5) is 30.8. The number of amides is 2. The molecule has 0 bridgehead atoms. The van der Waals surface area contributed by atoms with Gasteiger partial charge in [0.1, 0.15) is 17.2 Å². The van der Waals surface area contributed by atoms with Crippen LogP contribution in [0.2, 0.25) is 0 Å². The highest BCUT2D eigenvalue weighted by molar-refractivity contribution is 5.95. The third-order valence-corrected chi connectivity index (χ3v) is 6.75. The summed E-state index contributed by atoms with van der Waals surface area (Å²) in [5, 5.41) is 0. The maximum atomic E-state index is 13.6. The monoisotopic (exact) mass is 452 g/mol. The molecule has 0 spiro atoms. The molecule has 2 aromatic rings. The number of hydrogen-bond donors (Lipinski definition) is 0. The molecule has 2 atom stereocenters. The van der Waals surface area contributed by atoms with Gasteiger partial charge in [-0.25, -0.2) is 0 Å². The maximum absolute atomic E-state index is 13.6. The van der Waals surface area contributed by atoms with Gasteiger partial charge in [0.15, 0.2) is 0 Å². The summed E-state index contributed by atoms with van der Waals surface area (Å²) in [6, 6.07) is 12.8. The molecule has 0 N–H and O–H groups in total. The minimum atomic E-state index is -0.335. The van der Waals surface area contributed by atoms with Crippen LogP contribution < -0.4 is 14.2 Å². The second-order valence-corrected chi connectivity index (χ2v) is 8.65. The highest BCUT2D eigenvalue weighted by Crippen LogP contribution is 2.41. The van der Waals surface area contributed by atoms with Gasteiger partial charge in [0, 0.05) is 43.2 Å². The van der Waals surface area contributed by atoms with E-state index >= 15 is 0 Å². The smallest absolute Gasteiger partial charge is 0.254 e.